The summed E-state index contributed by atoms with van der Waals surface area (Å²) in [4.78, 5) is 21.2. The quantitative estimate of drug-likeness (QED) is 0.662. The standard InChI is InChI=1S/C19H27N3O5/c1-22(2)5-8-25-9-10-26-15-11-16-18(19(23)21-13-20-16)17(12-15)27-14-3-6-24-7-4-14/h11-14H,3-10H2,1-2H3,(H,20,21,23). The van der Waals surface area contributed by atoms with Crippen molar-refractivity contribution in [2.45, 2.75) is 18.9 Å². The van der Waals surface area contributed by atoms with Gasteiger partial charge in [0.2, 0.25) is 0 Å². The highest BCUT2D eigenvalue weighted by Crippen LogP contribution is 2.30. The maximum Gasteiger partial charge on any atom is 0.262 e. The maximum atomic E-state index is 12.3. The third-order valence-electron chi connectivity index (χ3n) is 4.32. The first-order chi connectivity index (χ1) is 13.1. The second-order valence-corrected chi connectivity index (χ2v) is 6.74. The van der Waals surface area contributed by atoms with Crippen LogP contribution in [0.3, 0.4) is 0 Å². The summed E-state index contributed by atoms with van der Waals surface area (Å²) < 4.78 is 22.8. The van der Waals surface area contributed by atoms with Crippen molar-refractivity contribution in [1.29, 1.82) is 0 Å². The number of likely N-dealkylation sites (N-methyl/N-ethyl adjacent to an activating group) is 1. The molecule has 3 rings (SSSR count). The molecule has 2 aromatic rings. The Morgan fingerprint density at radius 1 is 1.22 bits per heavy atom. The Balaban J connectivity index is 1.69. The van der Waals surface area contributed by atoms with Crippen LogP contribution in [-0.2, 0) is 9.47 Å². The van der Waals surface area contributed by atoms with E-state index in [0.717, 1.165) is 19.4 Å². The number of hydrogen-bond acceptors (Lipinski definition) is 7. The van der Waals surface area contributed by atoms with E-state index in [4.69, 9.17) is 18.9 Å². The molecule has 1 aromatic heterocycles. The summed E-state index contributed by atoms with van der Waals surface area (Å²) in [5.74, 6) is 1.11. The van der Waals surface area contributed by atoms with E-state index in [0.29, 0.717) is 55.4 Å². The maximum absolute atomic E-state index is 12.3. The Morgan fingerprint density at radius 2 is 2.04 bits per heavy atom. The van der Waals surface area contributed by atoms with Gasteiger partial charge in [-0.05, 0) is 14.1 Å². The smallest absolute Gasteiger partial charge is 0.262 e. The zero-order chi connectivity index (χ0) is 19.1. The molecule has 2 heterocycles. The molecule has 1 aromatic carbocycles. The van der Waals surface area contributed by atoms with Gasteiger partial charge >= 0.3 is 0 Å². The highest BCUT2D eigenvalue weighted by atomic mass is 16.5. The Labute approximate surface area is 158 Å². The lowest BCUT2D eigenvalue weighted by atomic mass is 10.1. The Kier molecular flexibility index (Phi) is 7.03. The summed E-state index contributed by atoms with van der Waals surface area (Å²) in [6.07, 6.45) is 3.00. The second-order valence-electron chi connectivity index (χ2n) is 6.74. The van der Waals surface area contributed by atoms with Gasteiger partial charge in [0.25, 0.3) is 5.56 Å². The first-order valence-electron chi connectivity index (χ1n) is 9.24. The Hall–Kier alpha value is -2.16. The zero-order valence-electron chi connectivity index (χ0n) is 15.9. The van der Waals surface area contributed by atoms with Gasteiger partial charge < -0.3 is 28.8 Å². The van der Waals surface area contributed by atoms with Crippen LogP contribution in [0.25, 0.3) is 10.9 Å². The number of aromatic nitrogens is 2. The van der Waals surface area contributed by atoms with Crippen LogP contribution in [0.15, 0.2) is 23.3 Å². The summed E-state index contributed by atoms with van der Waals surface area (Å²) in [6, 6.07) is 3.51. The van der Waals surface area contributed by atoms with Crippen molar-refractivity contribution in [2.24, 2.45) is 0 Å². The lowest BCUT2D eigenvalue weighted by molar-refractivity contribution is 0.0260. The fourth-order valence-corrected chi connectivity index (χ4v) is 2.86. The van der Waals surface area contributed by atoms with Crippen LogP contribution < -0.4 is 15.0 Å². The van der Waals surface area contributed by atoms with E-state index in [-0.39, 0.29) is 11.7 Å². The number of ether oxygens (including phenoxy) is 4. The van der Waals surface area contributed by atoms with Crippen molar-refractivity contribution in [3.63, 3.8) is 0 Å². The summed E-state index contributed by atoms with van der Waals surface area (Å²) in [7, 11) is 4.01. The summed E-state index contributed by atoms with van der Waals surface area (Å²) >= 11 is 0. The number of H-pyrrole nitrogens is 1. The number of benzene rings is 1. The fourth-order valence-electron chi connectivity index (χ4n) is 2.86. The van der Waals surface area contributed by atoms with Crippen LogP contribution in [0.5, 0.6) is 11.5 Å². The average Bonchev–Trinajstić information content (AvgIpc) is 2.65. The van der Waals surface area contributed by atoms with Gasteiger partial charge in [0, 0.05) is 31.5 Å². The lowest BCUT2D eigenvalue weighted by Crippen LogP contribution is -2.26. The highest BCUT2D eigenvalue weighted by molar-refractivity contribution is 5.85. The molecule has 1 aliphatic rings. The van der Waals surface area contributed by atoms with Gasteiger partial charge in [-0.25, -0.2) is 4.98 Å². The molecule has 0 atom stereocenters. The number of aromatic amines is 1. The molecule has 1 saturated heterocycles. The molecule has 0 spiro atoms. The molecule has 0 saturated carbocycles. The number of nitrogens with one attached hydrogen (secondary N) is 1. The van der Waals surface area contributed by atoms with Gasteiger partial charge in [0.1, 0.15) is 29.6 Å². The first-order valence-corrected chi connectivity index (χ1v) is 9.24. The monoisotopic (exact) mass is 377 g/mol. The number of hydrogen-bond donors (Lipinski definition) is 1. The number of nitrogens with zero attached hydrogens (tertiary/aromatic N) is 2. The summed E-state index contributed by atoms with van der Waals surface area (Å²) in [5, 5.41) is 0.443. The van der Waals surface area contributed by atoms with Gasteiger partial charge in [-0.15, -0.1) is 0 Å². The van der Waals surface area contributed by atoms with E-state index in [2.05, 4.69) is 14.9 Å². The first kappa shape index (κ1) is 19.6. The van der Waals surface area contributed by atoms with E-state index in [1.807, 2.05) is 14.1 Å². The molecule has 8 nitrogen and oxygen atoms in total. The van der Waals surface area contributed by atoms with Gasteiger partial charge in [-0.3, -0.25) is 4.79 Å². The van der Waals surface area contributed by atoms with Crippen molar-refractivity contribution in [3.05, 3.63) is 28.8 Å². The topological polar surface area (TPSA) is 85.9 Å². The van der Waals surface area contributed by atoms with E-state index in [1.165, 1.54) is 6.33 Å². The van der Waals surface area contributed by atoms with E-state index in [1.54, 1.807) is 12.1 Å². The van der Waals surface area contributed by atoms with E-state index < -0.39 is 0 Å². The largest absolute Gasteiger partial charge is 0.491 e. The van der Waals surface area contributed by atoms with Gasteiger partial charge in [0.05, 0.1) is 38.3 Å². The molecule has 0 unspecified atom stereocenters. The Morgan fingerprint density at radius 3 is 2.81 bits per heavy atom. The van der Waals surface area contributed by atoms with Crippen LogP contribution in [-0.4, -0.2) is 74.6 Å². The van der Waals surface area contributed by atoms with Gasteiger partial charge in [0.15, 0.2) is 0 Å². The van der Waals surface area contributed by atoms with E-state index >= 15 is 0 Å². The minimum absolute atomic E-state index is 0.0196. The molecule has 8 heteroatoms. The molecule has 148 valence electrons. The van der Waals surface area contributed by atoms with Crippen molar-refractivity contribution < 1.29 is 18.9 Å². The summed E-state index contributed by atoms with van der Waals surface area (Å²) in [5.41, 5.74) is 0.326. The SMILES string of the molecule is CN(C)CCOCCOc1cc(OC2CCOCC2)c2c(=O)[nH]cnc2c1. The normalized spacial score (nSPS) is 15.4. The molecular formula is C19H27N3O5. The summed E-state index contributed by atoms with van der Waals surface area (Å²) in [6.45, 7) is 3.76. The van der Waals surface area contributed by atoms with Crippen LogP contribution in [0.1, 0.15) is 12.8 Å². The predicted molar refractivity (Wildman–Crippen MR) is 102 cm³/mol. The molecule has 0 radical (unpaired) electrons. The molecule has 0 aliphatic carbocycles. The molecule has 1 fully saturated rings. The molecule has 1 N–H and O–H groups in total. The minimum atomic E-state index is -0.222. The fraction of sp³-hybridized carbons (Fsp3) is 0.579. The minimum Gasteiger partial charge on any atom is -0.491 e. The van der Waals surface area contributed by atoms with Crippen LogP contribution in [0.2, 0.25) is 0 Å². The van der Waals surface area contributed by atoms with Crippen molar-refractivity contribution in [2.75, 3.05) is 53.7 Å². The third kappa shape index (κ3) is 5.66. The molecule has 27 heavy (non-hydrogen) atoms. The zero-order valence-corrected chi connectivity index (χ0v) is 15.9. The number of rotatable bonds is 9. The molecule has 1 aliphatic heterocycles. The highest BCUT2D eigenvalue weighted by Gasteiger charge is 2.19. The van der Waals surface area contributed by atoms with Crippen LogP contribution >= 0.6 is 0 Å². The lowest BCUT2D eigenvalue weighted by Gasteiger charge is -2.24. The number of fused-ring (bicyclic) bond motifs is 1. The van der Waals surface area contributed by atoms with Crippen molar-refractivity contribution in [3.8, 4) is 11.5 Å². The van der Waals surface area contributed by atoms with Crippen LogP contribution in [0.4, 0.5) is 0 Å². The van der Waals surface area contributed by atoms with Crippen molar-refractivity contribution in [1.82, 2.24) is 14.9 Å². The molecule has 0 amide bonds. The van der Waals surface area contributed by atoms with Gasteiger partial charge in [-0.1, -0.05) is 0 Å². The molecule has 0 bridgehead atoms. The second kappa shape index (κ2) is 9.68. The predicted octanol–water partition coefficient (Wildman–Crippen LogP) is 1.44. The van der Waals surface area contributed by atoms with Gasteiger partial charge in [-0.2, -0.15) is 0 Å². The average molecular weight is 377 g/mol. The van der Waals surface area contributed by atoms with Crippen molar-refractivity contribution >= 4 is 10.9 Å². The van der Waals surface area contributed by atoms with E-state index in [9.17, 15) is 4.79 Å². The Bertz CT molecular complexity index is 786. The molecular weight excluding hydrogens is 350 g/mol. The third-order valence-corrected chi connectivity index (χ3v) is 4.32. The van der Waals surface area contributed by atoms with Crippen LogP contribution in [0, 0.1) is 0 Å².